The number of carbonyl (C=O) groups excluding carboxylic acids is 1. The third-order valence-corrected chi connectivity index (χ3v) is 4.36. The maximum absolute atomic E-state index is 12.1. The molecule has 0 spiro atoms. The highest BCUT2D eigenvalue weighted by molar-refractivity contribution is 5.78. The Morgan fingerprint density at radius 3 is 2.50 bits per heavy atom. The third-order valence-electron chi connectivity index (χ3n) is 4.36. The van der Waals surface area contributed by atoms with Crippen molar-refractivity contribution in [1.82, 2.24) is 4.90 Å². The predicted molar refractivity (Wildman–Crippen MR) is 78.5 cm³/mol. The van der Waals surface area contributed by atoms with Crippen LogP contribution in [0.15, 0.2) is 30.3 Å². The van der Waals surface area contributed by atoms with Crippen LogP contribution in [0.5, 0.6) is 0 Å². The van der Waals surface area contributed by atoms with Crippen molar-refractivity contribution in [2.45, 2.75) is 37.6 Å². The van der Waals surface area contributed by atoms with Gasteiger partial charge in [-0.25, -0.2) is 0 Å². The molecule has 0 saturated heterocycles. The molecule has 3 nitrogen and oxygen atoms in total. The van der Waals surface area contributed by atoms with E-state index >= 15 is 0 Å². The van der Waals surface area contributed by atoms with Crippen molar-refractivity contribution in [2.75, 3.05) is 20.2 Å². The van der Waals surface area contributed by atoms with Crippen molar-refractivity contribution in [3.8, 4) is 0 Å². The Hall–Kier alpha value is -1.35. The van der Waals surface area contributed by atoms with Gasteiger partial charge in [0.1, 0.15) is 0 Å². The van der Waals surface area contributed by atoms with Crippen molar-refractivity contribution in [2.24, 2.45) is 5.92 Å². The molecule has 2 aliphatic carbocycles. The maximum atomic E-state index is 12.1. The zero-order valence-electron chi connectivity index (χ0n) is 12.1. The lowest BCUT2D eigenvalue weighted by molar-refractivity contribution is -0.143. The third kappa shape index (κ3) is 3.40. The van der Waals surface area contributed by atoms with Crippen LogP contribution in [0.2, 0.25) is 0 Å². The summed E-state index contributed by atoms with van der Waals surface area (Å²) in [4.78, 5) is 14.7. The Morgan fingerprint density at radius 2 is 1.95 bits per heavy atom. The topological polar surface area (TPSA) is 29.5 Å². The van der Waals surface area contributed by atoms with Crippen LogP contribution >= 0.6 is 0 Å². The average Bonchev–Trinajstić information content (AvgIpc) is 3.36. The minimum absolute atomic E-state index is 0.113. The number of methoxy groups -OCH3 is 1. The first kappa shape index (κ1) is 13.6. The molecule has 108 valence electrons. The quantitative estimate of drug-likeness (QED) is 0.715. The molecule has 0 radical (unpaired) electrons. The van der Waals surface area contributed by atoms with Crippen molar-refractivity contribution >= 4 is 5.97 Å². The second-order valence-electron chi connectivity index (χ2n) is 6.11. The van der Waals surface area contributed by atoms with Gasteiger partial charge in [0.2, 0.25) is 0 Å². The first-order valence-electron chi connectivity index (χ1n) is 7.64. The summed E-state index contributed by atoms with van der Waals surface area (Å²) in [5.74, 6) is 0.600. The number of benzene rings is 1. The largest absolute Gasteiger partial charge is 0.469 e. The van der Waals surface area contributed by atoms with Gasteiger partial charge in [0, 0.05) is 19.1 Å². The molecule has 2 aliphatic rings. The van der Waals surface area contributed by atoms with Gasteiger partial charge in [-0.1, -0.05) is 30.3 Å². The molecule has 2 fully saturated rings. The maximum Gasteiger partial charge on any atom is 0.314 e. The molecule has 0 N–H and O–H groups in total. The number of hydrogen-bond donors (Lipinski definition) is 0. The van der Waals surface area contributed by atoms with Crippen molar-refractivity contribution in [3.05, 3.63) is 35.9 Å². The van der Waals surface area contributed by atoms with Crippen LogP contribution in [0.1, 0.15) is 37.2 Å². The summed E-state index contributed by atoms with van der Waals surface area (Å²) in [6.45, 7) is 1.96. The Labute approximate surface area is 120 Å². The second-order valence-corrected chi connectivity index (χ2v) is 6.11. The van der Waals surface area contributed by atoms with E-state index in [9.17, 15) is 4.79 Å². The van der Waals surface area contributed by atoms with E-state index in [1.165, 1.54) is 32.8 Å². The summed E-state index contributed by atoms with van der Waals surface area (Å²) in [6, 6.07) is 10.7. The number of carbonyl (C=O) groups is 1. The van der Waals surface area contributed by atoms with Gasteiger partial charge in [0.15, 0.2) is 0 Å². The monoisotopic (exact) mass is 273 g/mol. The van der Waals surface area contributed by atoms with Gasteiger partial charge in [-0.15, -0.1) is 0 Å². The molecule has 0 amide bonds. The fraction of sp³-hybridized carbons (Fsp3) is 0.588. The first-order valence-corrected chi connectivity index (χ1v) is 7.64. The molecule has 1 aromatic rings. The second kappa shape index (κ2) is 5.96. The molecular weight excluding hydrogens is 250 g/mol. The summed E-state index contributed by atoms with van der Waals surface area (Å²) in [5, 5.41) is 0. The van der Waals surface area contributed by atoms with Gasteiger partial charge in [0.05, 0.1) is 13.0 Å². The minimum Gasteiger partial charge on any atom is -0.469 e. The summed E-state index contributed by atoms with van der Waals surface area (Å²) in [7, 11) is 1.49. The molecule has 1 aromatic carbocycles. The number of nitrogens with zero attached hydrogens (tertiary/aromatic N) is 1. The highest BCUT2D eigenvalue weighted by Crippen LogP contribution is 2.36. The fourth-order valence-corrected chi connectivity index (χ4v) is 2.82. The Balaban J connectivity index is 1.72. The fourth-order valence-electron chi connectivity index (χ4n) is 2.82. The molecule has 3 heteroatoms. The van der Waals surface area contributed by atoms with E-state index in [0.29, 0.717) is 6.04 Å². The molecule has 2 saturated carbocycles. The highest BCUT2D eigenvalue weighted by atomic mass is 16.5. The number of esters is 1. The Bertz CT molecular complexity index is 451. The van der Waals surface area contributed by atoms with E-state index in [0.717, 1.165) is 24.6 Å². The Kier molecular flexibility index (Phi) is 4.06. The molecule has 3 rings (SSSR count). The van der Waals surface area contributed by atoms with Gasteiger partial charge in [0.25, 0.3) is 0 Å². The van der Waals surface area contributed by atoms with Crippen LogP contribution in [0.25, 0.3) is 0 Å². The van der Waals surface area contributed by atoms with Crippen molar-refractivity contribution in [1.29, 1.82) is 0 Å². The van der Waals surface area contributed by atoms with Crippen LogP contribution in [0, 0.1) is 5.92 Å². The van der Waals surface area contributed by atoms with Gasteiger partial charge in [-0.2, -0.15) is 0 Å². The van der Waals surface area contributed by atoms with Crippen LogP contribution in [0.3, 0.4) is 0 Å². The van der Waals surface area contributed by atoms with Gasteiger partial charge in [-0.3, -0.25) is 9.69 Å². The van der Waals surface area contributed by atoms with Gasteiger partial charge in [-0.05, 0) is 37.2 Å². The lowest BCUT2D eigenvalue weighted by Gasteiger charge is -2.26. The van der Waals surface area contributed by atoms with Crippen LogP contribution < -0.4 is 0 Å². The number of rotatable bonds is 7. The molecule has 0 heterocycles. The summed E-state index contributed by atoms with van der Waals surface area (Å²) >= 11 is 0. The number of ether oxygens (including phenoxy) is 1. The highest BCUT2D eigenvalue weighted by Gasteiger charge is 2.36. The average molecular weight is 273 g/mol. The van der Waals surface area contributed by atoms with Crippen LogP contribution in [-0.2, 0) is 9.53 Å². The first-order chi connectivity index (χ1) is 9.78. The van der Waals surface area contributed by atoms with E-state index in [1.54, 1.807) is 0 Å². The van der Waals surface area contributed by atoms with Crippen LogP contribution in [-0.4, -0.2) is 37.1 Å². The lowest BCUT2D eigenvalue weighted by Crippen LogP contribution is -2.35. The van der Waals surface area contributed by atoms with Crippen LogP contribution in [0.4, 0.5) is 0 Å². The van der Waals surface area contributed by atoms with E-state index < -0.39 is 0 Å². The molecular formula is C17H23NO2. The number of hydrogen-bond acceptors (Lipinski definition) is 3. The van der Waals surface area contributed by atoms with Gasteiger partial charge < -0.3 is 4.74 Å². The van der Waals surface area contributed by atoms with Gasteiger partial charge >= 0.3 is 5.97 Å². The normalized spacial score (nSPS) is 19.9. The van der Waals surface area contributed by atoms with E-state index in [-0.39, 0.29) is 11.9 Å². The van der Waals surface area contributed by atoms with E-state index in [1.807, 2.05) is 30.3 Å². The molecule has 0 bridgehead atoms. The molecule has 1 unspecified atom stereocenters. The van der Waals surface area contributed by atoms with E-state index in [2.05, 4.69) is 4.90 Å². The molecule has 1 atom stereocenters. The van der Waals surface area contributed by atoms with Crippen molar-refractivity contribution in [3.63, 3.8) is 0 Å². The molecule has 20 heavy (non-hydrogen) atoms. The standard InChI is InChI=1S/C17H23NO2/c1-20-17(19)16(14-5-3-2-4-6-14)12-18(15-9-10-15)11-13-7-8-13/h2-6,13,15-16H,7-12H2,1H3. The zero-order valence-corrected chi connectivity index (χ0v) is 12.1. The molecule has 0 aromatic heterocycles. The summed E-state index contributed by atoms with van der Waals surface area (Å²) < 4.78 is 5.02. The SMILES string of the molecule is COC(=O)C(CN(CC1CC1)C1CC1)c1ccccc1. The van der Waals surface area contributed by atoms with E-state index in [4.69, 9.17) is 4.74 Å². The summed E-state index contributed by atoms with van der Waals surface area (Å²) in [5.41, 5.74) is 1.07. The minimum atomic E-state index is -0.152. The predicted octanol–water partition coefficient (Wildman–Crippen LogP) is 2.82. The smallest absolute Gasteiger partial charge is 0.314 e. The summed E-state index contributed by atoms with van der Waals surface area (Å²) in [6.07, 6.45) is 5.29. The zero-order chi connectivity index (χ0) is 13.9. The molecule has 0 aliphatic heterocycles. The Morgan fingerprint density at radius 1 is 1.25 bits per heavy atom. The lowest BCUT2D eigenvalue weighted by atomic mass is 9.98. The van der Waals surface area contributed by atoms with Crippen molar-refractivity contribution < 1.29 is 9.53 Å².